The van der Waals surface area contributed by atoms with Gasteiger partial charge in [-0.3, -0.25) is 4.79 Å². The van der Waals surface area contributed by atoms with E-state index in [1.165, 1.54) is 12.1 Å². The summed E-state index contributed by atoms with van der Waals surface area (Å²) in [5.74, 6) is -0.240. The summed E-state index contributed by atoms with van der Waals surface area (Å²) in [7, 11) is 0. The highest BCUT2D eigenvalue weighted by Crippen LogP contribution is 2.34. The second-order valence-corrected chi connectivity index (χ2v) is 7.54. The van der Waals surface area contributed by atoms with Crippen LogP contribution in [0.2, 0.25) is 0 Å². The molecule has 1 unspecified atom stereocenters. The molecule has 1 aromatic heterocycles. The fourth-order valence-electron chi connectivity index (χ4n) is 3.77. The van der Waals surface area contributed by atoms with Crippen LogP contribution >= 0.6 is 0 Å². The molecule has 0 saturated heterocycles. The Labute approximate surface area is 184 Å². The molecule has 0 radical (unpaired) electrons. The maximum atomic E-state index is 14.0. The molecule has 1 aliphatic heterocycles. The second kappa shape index (κ2) is 8.55. The molecule has 0 aliphatic carbocycles. The lowest BCUT2D eigenvalue weighted by Crippen LogP contribution is -2.46. The van der Waals surface area contributed by atoms with Crippen LogP contribution in [0, 0.1) is 5.82 Å². The van der Waals surface area contributed by atoms with Crippen LogP contribution in [-0.2, 0) is 11.3 Å². The Morgan fingerprint density at radius 2 is 1.81 bits per heavy atom. The van der Waals surface area contributed by atoms with Crippen molar-refractivity contribution in [1.82, 2.24) is 9.78 Å². The number of hydrogen-bond donors (Lipinski definition) is 1. The molecule has 1 aliphatic rings. The number of ether oxygens (including phenoxy) is 1. The Morgan fingerprint density at radius 1 is 1.03 bits per heavy atom. The minimum Gasteiger partial charge on any atom is -0.477 e. The smallest absolute Gasteiger partial charge is 0.267 e. The van der Waals surface area contributed by atoms with Crippen LogP contribution in [0.25, 0.3) is 5.69 Å². The van der Waals surface area contributed by atoms with Crippen LogP contribution in [0.4, 0.5) is 15.8 Å². The highest BCUT2D eigenvalue weighted by Gasteiger charge is 2.31. The van der Waals surface area contributed by atoms with Gasteiger partial charge in [-0.25, -0.2) is 9.07 Å². The molecule has 1 N–H and O–H groups in total. The molecule has 0 saturated carbocycles. The van der Waals surface area contributed by atoms with Crippen molar-refractivity contribution in [3.8, 4) is 11.4 Å². The topological polar surface area (TPSA) is 59.4 Å². The van der Waals surface area contributed by atoms with Gasteiger partial charge in [0.15, 0.2) is 6.10 Å². The number of benzene rings is 3. The number of amides is 1. The molecular weight excluding hydrogens is 407 g/mol. The number of hydrogen-bond acceptors (Lipinski definition) is 4. The molecule has 160 valence electrons. The van der Waals surface area contributed by atoms with Crippen LogP contribution < -0.4 is 15.0 Å². The summed E-state index contributed by atoms with van der Waals surface area (Å²) in [5, 5.41) is 6.89. The van der Waals surface area contributed by atoms with E-state index in [1.54, 1.807) is 23.0 Å². The van der Waals surface area contributed by atoms with E-state index < -0.39 is 11.9 Å². The third-order valence-corrected chi connectivity index (χ3v) is 5.36. The van der Waals surface area contributed by atoms with E-state index in [1.807, 2.05) is 60.8 Å². The minimum atomic E-state index is -0.771. The van der Waals surface area contributed by atoms with Gasteiger partial charge in [0, 0.05) is 18.9 Å². The number of para-hydroxylation sites is 3. The van der Waals surface area contributed by atoms with Gasteiger partial charge in [0.1, 0.15) is 11.6 Å². The Bertz CT molecular complexity index is 1220. The second-order valence-electron chi connectivity index (χ2n) is 7.54. The van der Waals surface area contributed by atoms with E-state index in [0.717, 1.165) is 16.9 Å². The third kappa shape index (κ3) is 4.05. The standard InChI is InChI=1S/C25H21FN4O2/c26-20-6-1-2-7-21(20)28-25(31)24-17-29(22-8-3-4-9-23(22)32-24)16-18-10-12-19(13-11-18)30-15-5-14-27-30/h1-15,24H,16-17H2,(H,28,31). The van der Waals surface area contributed by atoms with E-state index in [0.29, 0.717) is 18.8 Å². The normalized spacial score (nSPS) is 15.0. The van der Waals surface area contributed by atoms with Gasteiger partial charge in [-0.2, -0.15) is 5.10 Å². The third-order valence-electron chi connectivity index (χ3n) is 5.36. The first-order valence-corrected chi connectivity index (χ1v) is 10.3. The van der Waals surface area contributed by atoms with E-state index in [9.17, 15) is 9.18 Å². The lowest BCUT2D eigenvalue weighted by atomic mass is 10.1. The van der Waals surface area contributed by atoms with Crippen LogP contribution in [0.15, 0.2) is 91.3 Å². The largest absolute Gasteiger partial charge is 0.477 e. The van der Waals surface area contributed by atoms with Gasteiger partial charge in [0.05, 0.1) is 23.6 Å². The minimum absolute atomic E-state index is 0.140. The monoisotopic (exact) mass is 428 g/mol. The maximum Gasteiger partial charge on any atom is 0.267 e. The molecule has 0 spiro atoms. The van der Waals surface area contributed by atoms with Gasteiger partial charge in [0.2, 0.25) is 0 Å². The zero-order chi connectivity index (χ0) is 21.9. The van der Waals surface area contributed by atoms with Crippen molar-refractivity contribution in [3.63, 3.8) is 0 Å². The van der Waals surface area contributed by atoms with Crippen LogP contribution in [0.3, 0.4) is 0 Å². The van der Waals surface area contributed by atoms with Crippen LogP contribution in [-0.4, -0.2) is 28.3 Å². The summed E-state index contributed by atoms with van der Waals surface area (Å²) in [6, 6.07) is 23.7. The van der Waals surface area contributed by atoms with Crippen molar-refractivity contribution in [3.05, 3.63) is 103 Å². The number of halogens is 1. The Balaban J connectivity index is 1.35. The number of nitrogens with one attached hydrogen (secondary N) is 1. The first-order chi connectivity index (χ1) is 15.7. The predicted molar refractivity (Wildman–Crippen MR) is 121 cm³/mol. The summed E-state index contributed by atoms with van der Waals surface area (Å²) in [5.41, 5.74) is 3.12. The Hall–Kier alpha value is -4.13. The number of aromatic nitrogens is 2. The average Bonchev–Trinajstić information content (AvgIpc) is 3.36. The molecule has 6 nitrogen and oxygen atoms in total. The van der Waals surface area contributed by atoms with Crippen molar-refractivity contribution < 1.29 is 13.9 Å². The first-order valence-electron chi connectivity index (χ1n) is 10.3. The zero-order valence-electron chi connectivity index (χ0n) is 17.2. The molecule has 0 bridgehead atoms. The number of anilines is 2. The molecule has 5 rings (SSSR count). The summed E-state index contributed by atoms with van der Waals surface area (Å²) < 4.78 is 21.7. The van der Waals surface area contributed by atoms with Crippen LogP contribution in [0.1, 0.15) is 5.56 Å². The quantitative estimate of drug-likeness (QED) is 0.511. The maximum absolute atomic E-state index is 14.0. The number of carbonyl (C=O) groups is 1. The number of rotatable bonds is 5. The zero-order valence-corrected chi connectivity index (χ0v) is 17.2. The number of nitrogens with zero attached hydrogens (tertiary/aromatic N) is 3. The first kappa shape index (κ1) is 19.8. The van der Waals surface area contributed by atoms with E-state index in [2.05, 4.69) is 15.3 Å². The van der Waals surface area contributed by atoms with Gasteiger partial charge in [-0.15, -0.1) is 0 Å². The summed E-state index contributed by atoms with van der Waals surface area (Å²) in [6.45, 7) is 0.946. The van der Waals surface area contributed by atoms with Gasteiger partial charge in [0.25, 0.3) is 5.91 Å². The number of fused-ring (bicyclic) bond motifs is 1. The lowest BCUT2D eigenvalue weighted by molar-refractivity contribution is -0.122. The highest BCUT2D eigenvalue weighted by molar-refractivity contribution is 5.95. The number of carbonyl (C=O) groups excluding carboxylic acids is 1. The van der Waals surface area contributed by atoms with Gasteiger partial charge >= 0.3 is 0 Å². The average molecular weight is 428 g/mol. The molecule has 0 fully saturated rings. The van der Waals surface area contributed by atoms with Crippen molar-refractivity contribution in [2.24, 2.45) is 0 Å². The molecule has 32 heavy (non-hydrogen) atoms. The summed E-state index contributed by atoms with van der Waals surface area (Å²) in [6.07, 6.45) is 2.87. The molecular formula is C25H21FN4O2. The van der Waals surface area contributed by atoms with Crippen molar-refractivity contribution >= 4 is 17.3 Å². The van der Waals surface area contributed by atoms with Gasteiger partial charge in [-0.05, 0) is 48.0 Å². The fourth-order valence-corrected chi connectivity index (χ4v) is 3.77. The molecule has 3 aromatic carbocycles. The van der Waals surface area contributed by atoms with E-state index in [4.69, 9.17) is 4.74 Å². The fraction of sp³-hybridized carbons (Fsp3) is 0.120. The SMILES string of the molecule is O=C(Nc1ccccc1F)C1CN(Cc2ccc(-n3cccn3)cc2)c2ccccc2O1. The van der Waals surface area contributed by atoms with Crippen molar-refractivity contribution in [2.75, 3.05) is 16.8 Å². The van der Waals surface area contributed by atoms with Gasteiger partial charge < -0.3 is 15.0 Å². The molecule has 2 heterocycles. The van der Waals surface area contributed by atoms with Crippen LogP contribution in [0.5, 0.6) is 5.75 Å². The highest BCUT2D eigenvalue weighted by atomic mass is 19.1. The van der Waals surface area contributed by atoms with E-state index in [-0.39, 0.29) is 11.6 Å². The van der Waals surface area contributed by atoms with Crippen molar-refractivity contribution in [1.29, 1.82) is 0 Å². The molecule has 4 aromatic rings. The summed E-state index contributed by atoms with van der Waals surface area (Å²) in [4.78, 5) is 15.0. The summed E-state index contributed by atoms with van der Waals surface area (Å²) >= 11 is 0. The molecule has 1 amide bonds. The molecule has 7 heteroatoms. The van der Waals surface area contributed by atoms with E-state index >= 15 is 0 Å². The molecule has 1 atom stereocenters. The van der Waals surface area contributed by atoms with Crippen molar-refractivity contribution in [2.45, 2.75) is 12.6 Å². The predicted octanol–water partition coefficient (Wildman–Crippen LogP) is 4.42. The lowest BCUT2D eigenvalue weighted by Gasteiger charge is -2.35. The Kier molecular flexibility index (Phi) is 5.29. The Morgan fingerprint density at radius 3 is 2.59 bits per heavy atom. The van der Waals surface area contributed by atoms with Gasteiger partial charge in [-0.1, -0.05) is 36.4 Å².